The second-order valence-electron chi connectivity index (χ2n) is 11.3. The minimum absolute atomic E-state index is 0.00204. The SMILES string of the molecule is CCCCC(CC)COC(=O)CCCCCCCCCCCCCCCC(=O)OCC(CC)CCCC. The summed E-state index contributed by atoms with van der Waals surface area (Å²) in [4.78, 5) is 23.9. The van der Waals surface area contributed by atoms with Gasteiger partial charge in [0.25, 0.3) is 0 Å². The van der Waals surface area contributed by atoms with Crippen molar-refractivity contribution in [3.8, 4) is 0 Å². The van der Waals surface area contributed by atoms with E-state index in [1.54, 1.807) is 0 Å². The molecule has 220 valence electrons. The van der Waals surface area contributed by atoms with Crippen LogP contribution in [0.25, 0.3) is 0 Å². The summed E-state index contributed by atoms with van der Waals surface area (Å²) in [6, 6.07) is 0. The summed E-state index contributed by atoms with van der Waals surface area (Å²) < 4.78 is 11.0. The van der Waals surface area contributed by atoms with Gasteiger partial charge in [-0.05, 0) is 37.5 Å². The van der Waals surface area contributed by atoms with Gasteiger partial charge in [-0.15, -0.1) is 0 Å². The van der Waals surface area contributed by atoms with Crippen LogP contribution in [0.15, 0.2) is 0 Å². The van der Waals surface area contributed by atoms with E-state index in [4.69, 9.17) is 9.47 Å². The monoisotopic (exact) mass is 524 g/mol. The summed E-state index contributed by atoms with van der Waals surface area (Å²) in [6.07, 6.45) is 26.6. The van der Waals surface area contributed by atoms with Gasteiger partial charge >= 0.3 is 11.9 Å². The highest BCUT2D eigenvalue weighted by molar-refractivity contribution is 5.69. The first kappa shape index (κ1) is 35.9. The molecule has 0 spiro atoms. The van der Waals surface area contributed by atoms with Crippen LogP contribution in [-0.2, 0) is 19.1 Å². The fourth-order valence-electron chi connectivity index (χ4n) is 4.85. The van der Waals surface area contributed by atoms with Crippen LogP contribution < -0.4 is 0 Å². The van der Waals surface area contributed by atoms with Crippen molar-refractivity contribution < 1.29 is 19.1 Å². The zero-order valence-electron chi connectivity index (χ0n) is 25.5. The van der Waals surface area contributed by atoms with E-state index in [1.165, 1.54) is 96.3 Å². The Balaban J connectivity index is 3.38. The van der Waals surface area contributed by atoms with Crippen molar-refractivity contribution >= 4 is 11.9 Å². The number of unbranched alkanes of at least 4 members (excludes halogenated alkanes) is 14. The summed E-state index contributed by atoms with van der Waals surface area (Å²) in [5.41, 5.74) is 0. The summed E-state index contributed by atoms with van der Waals surface area (Å²) in [5, 5.41) is 0. The van der Waals surface area contributed by atoms with E-state index >= 15 is 0 Å². The molecule has 37 heavy (non-hydrogen) atoms. The van der Waals surface area contributed by atoms with Crippen LogP contribution in [0.3, 0.4) is 0 Å². The second-order valence-corrected chi connectivity index (χ2v) is 11.3. The van der Waals surface area contributed by atoms with Crippen LogP contribution in [0.5, 0.6) is 0 Å². The van der Waals surface area contributed by atoms with Crippen LogP contribution in [0.1, 0.15) is 175 Å². The molecule has 0 N–H and O–H groups in total. The van der Waals surface area contributed by atoms with Gasteiger partial charge in [0.1, 0.15) is 0 Å². The molecular weight excluding hydrogens is 460 g/mol. The van der Waals surface area contributed by atoms with E-state index in [9.17, 15) is 9.59 Å². The zero-order valence-corrected chi connectivity index (χ0v) is 25.5. The molecule has 0 aromatic carbocycles. The van der Waals surface area contributed by atoms with Gasteiger partial charge in [-0.2, -0.15) is 0 Å². The molecule has 0 aliphatic carbocycles. The molecule has 0 aliphatic rings. The van der Waals surface area contributed by atoms with Crippen LogP contribution in [-0.4, -0.2) is 25.2 Å². The number of carbonyl (C=O) groups excluding carboxylic acids is 2. The third-order valence-electron chi connectivity index (χ3n) is 7.81. The molecule has 0 bridgehead atoms. The first-order valence-electron chi connectivity index (χ1n) is 16.4. The number of hydrogen-bond donors (Lipinski definition) is 0. The van der Waals surface area contributed by atoms with E-state index in [1.807, 2.05) is 0 Å². The lowest BCUT2D eigenvalue weighted by molar-refractivity contribution is -0.146. The average Bonchev–Trinajstić information content (AvgIpc) is 2.91. The van der Waals surface area contributed by atoms with Crippen molar-refractivity contribution in [3.63, 3.8) is 0 Å². The maximum absolute atomic E-state index is 11.9. The number of ether oxygens (including phenoxy) is 2. The summed E-state index contributed by atoms with van der Waals surface area (Å²) in [7, 11) is 0. The molecule has 0 aliphatic heterocycles. The molecule has 4 nitrogen and oxygen atoms in total. The van der Waals surface area contributed by atoms with E-state index in [0.29, 0.717) is 37.9 Å². The average molecular weight is 525 g/mol. The van der Waals surface area contributed by atoms with E-state index in [0.717, 1.165) is 38.5 Å². The molecular formula is C33H64O4. The van der Waals surface area contributed by atoms with Crippen molar-refractivity contribution in [2.75, 3.05) is 13.2 Å². The van der Waals surface area contributed by atoms with Crippen LogP contribution in [0, 0.1) is 11.8 Å². The Morgan fingerprint density at radius 1 is 0.459 bits per heavy atom. The molecule has 0 saturated carbocycles. The van der Waals surface area contributed by atoms with Crippen LogP contribution >= 0.6 is 0 Å². The Morgan fingerprint density at radius 3 is 1.03 bits per heavy atom. The van der Waals surface area contributed by atoms with E-state index in [-0.39, 0.29) is 11.9 Å². The summed E-state index contributed by atoms with van der Waals surface area (Å²) in [5.74, 6) is 1.08. The largest absolute Gasteiger partial charge is 0.465 e. The molecule has 0 amide bonds. The minimum Gasteiger partial charge on any atom is -0.465 e. The molecule has 0 fully saturated rings. The molecule has 0 aromatic heterocycles. The van der Waals surface area contributed by atoms with Gasteiger partial charge in [0.05, 0.1) is 13.2 Å². The van der Waals surface area contributed by atoms with Crippen LogP contribution in [0.2, 0.25) is 0 Å². The second kappa shape index (κ2) is 28.0. The number of esters is 2. The number of rotatable bonds is 28. The molecule has 0 heterocycles. The standard InChI is InChI=1S/C33H64O4/c1-5-9-24-30(7-3)28-36-32(34)26-22-20-18-16-14-12-11-13-15-17-19-21-23-27-33(35)37-29-31(8-4)25-10-6-2/h30-31H,5-29H2,1-4H3. The Kier molecular flexibility index (Phi) is 27.2. The highest BCUT2D eigenvalue weighted by Gasteiger charge is 2.11. The van der Waals surface area contributed by atoms with Gasteiger partial charge in [0.2, 0.25) is 0 Å². The highest BCUT2D eigenvalue weighted by Crippen LogP contribution is 2.16. The molecule has 0 radical (unpaired) electrons. The summed E-state index contributed by atoms with van der Waals surface area (Å²) in [6.45, 7) is 10.0. The highest BCUT2D eigenvalue weighted by atomic mass is 16.5. The zero-order chi connectivity index (χ0) is 27.4. The maximum Gasteiger partial charge on any atom is 0.305 e. The van der Waals surface area contributed by atoms with Gasteiger partial charge in [-0.3, -0.25) is 9.59 Å². The van der Waals surface area contributed by atoms with Gasteiger partial charge in [-0.25, -0.2) is 0 Å². The van der Waals surface area contributed by atoms with Crippen molar-refractivity contribution in [2.45, 2.75) is 175 Å². The topological polar surface area (TPSA) is 52.6 Å². The molecule has 2 atom stereocenters. The lowest BCUT2D eigenvalue weighted by atomic mass is 10.0. The normalized spacial score (nSPS) is 12.9. The van der Waals surface area contributed by atoms with Crippen molar-refractivity contribution in [3.05, 3.63) is 0 Å². The van der Waals surface area contributed by atoms with E-state index in [2.05, 4.69) is 27.7 Å². The van der Waals surface area contributed by atoms with Crippen LogP contribution in [0.4, 0.5) is 0 Å². The van der Waals surface area contributed by atoms with Gasteiger partial charge in [-0.1, -0.05) is 137 Å². The maximum atomic E-state index is 11.9. The van der Waals surface area contributed by atoms with Gasteiger partial charge in [0, 0.05) is 12.8 Å². The first-order chi connectivity index (χ1) is 18.1. The molecule has 2 unspecified atom stereocenters. The third-order valence-corrected chi connectivity index (χ3v) is 7.81. The van der Waals surface area contributed by atoms with Crippen molar-refractivity contribution in [1.29, 1.82) is 0 Å². The molecule has 0 saturated heterocycles. The Morgan fingerprint density at radius 2 is 0.757 bits per heavy atom. The Bertz CT molecular complexity index is 461. The summed E-state index contributed by atoms with van der Waals surface area (Å²) >= 11 is 0. The lowest BCUT2D eigenvalue weighted by Crippen LogP contribution is -2.13. The fourth-order valence-corrected chi connectivity index (χ4v) is 4.85. The fraction of sp³-hybridized carbons (Fsp3) is 0.939. The lowest BCUT2D eigenvalue weighted by Gasteiger charge is -2.14. The molecule has 0 aromatic rings. The molecule has 4 heteroatoms. The third kappa shape index (κ3) is 25.0. The van der Waals surface area contributed by atoms with Gasteiger partial charge < -0.3 is 9.47 Å². The number of hydrogen-bond acceptors (Lipinski definition) is 4. The first-order valence-corrected chi connectivity index (χ1v) is 16.4. The van der Waals surface area contributed by atoms with Gasteiger partial charge in [0.15, 0.2) is 0 Å². The minimum atomic E-state index is -0.00204. The smallest absolute Gasteiger partial charge is 0.305 e. The van der Waals surface area contributed by atoms with Crippen molar-refractivity contribution in [1.82, 2.24) is 0 Å². The molecule has 0 rings (SSSR count). The number of carbonyl (C=O) groups is 2. The quantitative estimate of drug-likeness (QED) is 0.0754. The predicted octanol–water partition coefficient (Wildman–Crippen LogP) is 10.4. The Hall–Kier alpha value is -1.06. The van der Waals surface area contributed by atoms with Crippen molar-refractivity contribution in [2.24, 2.45) is 11.8 Å². The Labute approximate surface area is 231 Å². The van der Waals surface area contributed by atoms with E-state index < -0.39 is 0 Å². The predicted molar refractivity (Wildman–Crippen MR) is 158 cm³/mol.